The van der Waals surface area contributed by atoms with E-state index in [9.17, 15) is 0 Å². The average molecular weight is 340 g/mol. The number of rotatable bonds is 3. The summed E-state index contributed by atoms with van der Waals surface area (Å²) in [7, 11) is 0. The summed E-state index contributed by atoms with van der Waals surface area (Å²) >= 11 is 0. The predicted molar refractivity (Wildman–Crippen MR) is 97.3 cm³/mol. The van der Waals surface area contributed by atoms with Gasteiger partial charge in [-0.3, -0.25) is 0 Å². The molecule has 2 aromatic rings. The van der Waals surface area contributed by atoms with Crippen LogP contribution in [0.5, 0.6) is 0 Å². The summed E-state index contributed by atoms with van der Waals surface area (Å²) in [5.41, 5.74) is 3.45. The molecule has 0 saturated carbocycles. The third-order valence-corrected chi connectivity index (χ3v) is 4.78. The van der Waals surface area contributed by atoms with E-state index in [1.54, 1.807) is 6.20 Å². The Bertz CT molecular complexity index is 729. The Labute approximate surface area is 148 Å². The molecule has 2 aliphatic heterocycles. The fraction of sp³-hybridized carbons (Fsp3) is 0.474. The molecule has 0 amide bonds. The molecule has 1 aromatic heterocycles. The molecule has 132 valence electrons. The van der Waals surface area contributed by atoms with E-state index in [1.807, 2.05) is 6.07 Å². The second-order valence-electron chi connectivity index (χ2n) is 6.83. The van der Waals surface area contributed by atoms with Gasteiger partial charge in [-0.1, -0.05) is 6.07 Å². The lowest BCUT2D eigenvalue weighted by molar-refractivity contribution is -0.169. The standard InChI is InChI=1S/C19H24N4O2/c1-14-11-15(2)13-16(12-14)21-18-20-6-3-17(22-18)23-7-4-19(5-8-23)24-9-10-25-19/h3,6,11-13H,4-5,7-10H2,1-2H3,(H,20,21,22). The first kappa shape index (κ1) is 16.3. The normalized spacial score (nSPS) is 19.4. The molecule has 0 radical (unpaired) electrons. The van der Waals surface area contributed by atoms with E-state index in [1.165, 1.54) is 11.1 Å². The van der Waals surface area contributed by atoms with Crippen LogP contribution in [-0.2, 0) is 9.47 Å². The van der Waals surface area contributed by atoms with Crippen molar-refractivity contribution in [2.45, 2.75) is 32.5 Å². The highest BCUT2D eigenvalue weighted by Gasteiger charge is 2.40. The zero-order chi connectivity index (χ0) is 17.3. The number of hydrogen-bond acceptors (Lipinski definition) is 6. The molecule has 6 nitrogen and oxygen atoms in total. The van der Waals surface area contributed by atoms with Gasteiger partial charge in [0, 0.05) is 37.8 Å². The van der Waals surface area contributed by atoms with Crippen LogP contribution in [0.1, 0.15) is 24.0 Å². The maximum Gasteiger partial charge on any atom is 0.229 e. The van der Waals surface area contributed by atoms with E-state index < -0.39 is 0 Å². The lowest BCUT2D eigenvalue weighted by Gasteiger charge is -2.38. The third-order valence-electron chi connectivity index (χ3n) is 4.78. The molecule has 25 heavy (non-hydrogen) atoms. The Morgan fingerprint density at radius 2 is 1.72 bits per heavy atom. The lowest BCUT2D eigenvalue weighted by atomic mass is 10.0. The zero-order valence-electron chi connectivity index (χ0n) is 14.8. The van der Waals surface area contributed by atoms with E-state index >= 15 is 0 Å². The van der Waals surface area contributed by atoms with Crippen molar-refractivity contribution in [2.75, 3.05) is 36.5 Å². The SMILES string of the molecule is Cc1cc(C)cc(Nc2nccc(N3CCC4(CC3)OCCO4)n2)c1. The quantitative estimate of drug-likeness (QED) is 0.926. The van der Waals surface area contributed by atoms with Crippen molar-refractivity contribution in [3.63, 3.8) is 0 Å². The van der Waals surface area contributed by atoms with Crippen molar-refractivity contribution >= 4 is 17.5 Å². The van der Waals surface area contributed by atoms with Gasteiger partial charge in [0.1, 0.15) is 5.82 Å². The number of anilines is 3. The number of benzene rings is 1. The number of aromatic nitrogens is 2. The molecule has 3 heterocycles. The molecule has 0 atom stereocenters. The van der Waals surface area contributed by atoms with Crippen molar-refractivity contribution in [1.82, 2.24) is 9.97 Å². The van der Waals surface area contributed by atoms with Crippen LogP contribution in [0.25, 0.3) is 0 Å². The molecule has 2 saturated heterocycles. The molecule has 2 fully saturated rings. The fourth-order valence-corrected chi connectivity index (χ4v) is 3.62. The average Bonchev–Trinajstić information content (AvgIpc) is 3.03. The maximum atomic E-state index is 5.80. The van der Waals surface area contributed by atoms with Crippen molar-refractivity contribution in [3.8, 4) is 0 Å². The molecule has 0 unspecified atom stereocenters. The van der Waals surface area contributed by atoms with E-state index in [-0.39, 0.29) is 5.79 Å². The summed E-state index contributed by atoms with van der Waals surface area (Å²) in [5.74, 6) is 1.20. The van der Waals surface area contributed by atoms with Crippen LogP contribution in [0, 0.1) is 13.8 Å². The summed E-state index contributed by atoms with van der Waals surface area (Å²) in [6.45, 7) is 7.34. The first-order valence-corrected chi connectivity index (χ1v) is 8.83. The topological polar surface area (TPSA) is 59.5 Å². The van der Waals surface area contributed by atoms with Crippen LogP contribution in [0.15, 0.2) is 30.5 Å². The smallest absolute Gasteiger partial charge is 0.229 e. The van der Waals surface area contributed by atoms with E-state index in [0.717, 1.165) is 37.4 Å². The Balaban J connectivity index is 1.46. The first-order valence-electron chi connectivity index (χ1n) is 8.83. The van der Waals surface area contributed by atoms with Gasteiger partial charge in [0.2, 0.25) is 5.95 Å². The Kier molecular flexibility index (Phi) is 4.31. The number of ether oxygens (including phenoxy) is 2. The molecule has 6 heteroatoms. The predicted octanol–water partition coefficient (Wildman–Crippen LogP) is 3.18. The minimum atomic E-state index is -0.357. The van der Waals surface area contributed by atoms with Crippen molar-refractivity contribution < 1.29 is 9.47 Å². The van der Waals surface area contributed by atoms with Gasteiger partial charge >= 0.3 is 0 Å². The van der Waals surface area contributed by atoms with Crippen LogP contribution in [-0.4, -0.2) is 42.1 Å². The van der Waals surface area contributed by atoms with E-state index in [2.05, 4.69) is 52.2 Å². The van der Waals surface area contributed by atoms with Gasteiger partial charge in [-0.2, -0.15) is 4.98 Å². The number of aryl methyl sites for hydroxylation is 2. The second kappa shape index (κ2) is 6.61. The summed E-state index contributed by atoms with van der Waals surface area (Å²) < 4.78 is 11.6. The van der Waals surface area contributed by atoms with E-state index in [4.69, 9.17) is 9.47 Å². The Hall–Kier alpha value is -2.18. The number of nitrogens with zero attached hydrogens (tertiary/aromatic N) is 3. The molecule has 1 aromatic carbocycles. The van der Waals surface area contributed by atoms with Crippen LogP contribution >= 0.6 is 0 Å². The highest BCUT2D eigenvalue weighted by molar-refractivity contribution is 5.57. The van der Waals surface area contributed by atoms with Crippen LogP contribution in [0.2, 0.25) is 0 Å². The minimum absolute atomic E-state index is 0.357. The summed E-state index contributed by atoms with van der Waals surface area (Å²) in [4.78, 5) is 11.3. The number of piperidine rings is 1. The van der Waals surface area contributed by atoms with Gasteiger partial charge in [-0.05, 0) is 43.2 Å². The van der Waals surface area contributed by atoms with Crippen molar-refractivity contribution in [1.29, 1.82) is 0 Å². The summed E-state index contributed by atoms with van der Waals surface area (Å²) in [5, 5.41) is 3.32. The molecule has 0 bridgehead atoms. The van der Waals surface area contributed by atoms with Gasteiger partial charge in [-0.25, -0.2) is 4.98 Å². The fourth-order valence-electron chi connectivity index (χ4n) is 3.62. The summed E-state index contributed by atoms with van der Waals surface area (Å²) in [6.07, 6.45) is 3.55. The third kappa shape index (κ3) is 3.60. The van der Waals surface area contributed by atoms with Crippen LogP contribution in [0.3, 0.4) is 0 Å². The minimum Gasteiger partial charge on any atom is -0.356 e. The first-order chi connectivity index (χ1) is 12.1. The van der Waals surface area contributed by atoms with Gasteiger partial charge in [-0.15, -0.1) is 0 Å². The van der Waals surface area contributed by atoms with Gasteiger partial charge in [0.05, 0.1) is 13.2 Å². The molecule has 1 N–H and O–H groups in total. The molecular formula is C19H24N4O2. The number of nitrogens with one attached hydrogen (secondary N) is 1. The molecule has 2 aliphatic rings. The lowest BCUT2D eigenvalue weighted by Crippen LogP contribution is -2.45. The molecule has 0 aliphatic carbocycles. The van der Waals surface area contributed by atoms with E-state index in [0.29, 0.717) is 19.2 Å². The van der Waals surface area contributed by atoms with Crippen LogP contribution < -0.4 is 10.2 Å². The van der Waals surface area contributed by atoms with Crippen molar-refractivity contribution in [2.24, 2.45) is 0 Å². The highest BCUT2D eigenvalue weighted by Crippen LogP contribution is 2.32. The second-order valence-corrected chi connectivity index (χ2v) is 6.83. The Morgan fingerprint density at radius 3 is 2.40 bits per heavy atom. The maximum absolute atomic E-state index is 5.80. The molecular weight excluding hydrogens is 316 g/mol. The highest BCUT2D eigenvalue weighted by atomic mass is 16.7. The van der Waals surface area contributed by atoms with Crippen LogP contribution in [0.4, 0.5) is 17.5 Å². The van der Waals surface area contributed by atoms with Gasteiger partial charge in [0.25, 0.3) is 0 Å². The summed E-state index contributed by atoms with van der Waals surface area (Å²) in [6, 6.07) is 8.31. The number of hydrogen-bond donors (Lipinski definition) is 1. The van der Waals surface area contributed by atoms with Crippen molar-refractivity contribution in [3.05, 3.63) is 41.6 Å². The van der Waals surface area contributed by atoms with Gasteiger partial charge in [0.15, 0.2) is 5.79 Å². The Morgan fingerprint density at radius 1 is 1.04 bits per heavy atom. The molecule has 1 spiro atoms. The zero-order valence-corrected chi connectivity index (χ0v) is 14.8. The monoisotopic (exact) mass is 340 g/mol. The largest absolute Gasteiger partial charge is 0.356 e. The molecule has 4 rings (SSSR count). The van der Waals surface area contributed by atoms with Gasteiger partial charge < -0.3 is 19.7 Å².